The van der Waals surface area contributed by atoms with E-state index in [-0.39, 0.29) is 5.41 Å². The second kappa shape index (κ2) is 2.88. The van der Waals surface area contributed by atoms with E-state index in [1.165, 1.54) is 11.3 Å². The Bertz CT molecular complexity index is 493. The van der Waals surface area contributed by atoms with E-state index >= 15 is 0 Å². The van der Waals surface area contributed by atoms with Gasteiger partial charge in [0.1, 0.15) is 0 Å². The maximum Gasteiger partial charge on any atom is 0.0935 e. The largest absolute Gasteiger partial charge is 0.364 e. The second-order valence-corrected chi connectivity index (χ2v) is 5.44. The van der Waals surface area contributed by atoms with Gasteiger partial charge in [-0.25, -0.2) is 0 Å². The minimum Gasteiger partial charge on any atom is -0.364 e. The number of nitrogens with one attached hydrogen (secondary N) is 3. The topological polar surface area (TPSA) is 36.1 Å². The molecule has 1 aromatic carbocycles. The zero-order chi connectivity index (χ0) is 11.5. The molecule has 1 aromatic rings. The molecule has 2 aliphatic rings. The monoisotopic (exact) mass is 233 g/mol. The quantitative estimate of drug-likeness (QED) is 0.602. The van der Waals surface area contributed by atoms with Gasteiger partial charge >= 0.3 is 0 Å². The normalized spacial score (nSPS) is 24.2. The third kappa shape index (κ3) is 1.16. The van der Waals surface area contributed by atoms with Crippen LogP contribution in [0.1, 0.15) is 26.3 Å². The fourth-order valence-corrected chi connectivity index (χ4v) is 2.58. The first-order chi connectivity index (χ1) is 7.48. The molecule has 84 valence electrons. The number of anilines is 3. The van der Waals surface area contributed by atoms with Crippen LogP contribution in [0.5, 0.6) is 0 Å². The fourth-order valence-electron chi connectivity index (χ4n) is 2.36. The second-order valence-electron chi connectivity index (χ2n) is 5.03. The Hall–Kier alpha value is -1.29. The van der Waals surface area contributed by atoms with Crippen LogP contribution in [0.15, 0.2) is 12.1 Å². The molecule has 0 saturated carbocycles. The zero-order valence-electron chi connectivity index (χ0n) is 9.64. The lowest BCUT2D eigenvalue weighted by Gasteiger charge is -2.18. The van der Waals surface area contributed by atoms with E-state index in [2.05, 4.69) is 48.9 Å². The van der Waals surface area contributed by atoms with E-state index in [4.69, 9.17) is 12.2 Å². The lowest BCUT2D eigenvalue weighted by atomic mass is 9.86. The van der Waals surface area contributed by atoms with Crippen LogP contribution in [0.25, 0.3) is 0 Å². The van der Waals surface area contributed by atoms with Gasteiger partial charge in [0.05, 0.1) is 22.5 Å². The molecule has 3 N–H and O–H groups in total. The molecular weight excluding hydrogens is 218 g/mol. The number of rotatable bonds is 0. The van der Waals surface area contributed by atoms with Crippen LogP contribution in [0.4, 0.5) is 17.1 Å². The van der Waals surface area contributed by atoms with E-state index < -0.39 is 0 Å². The average molecular weight is 233 g/mol. The van der Waals surface area contributed by atoms with Crippen molar-refractivity contribution in [1.82, 2.24) is 0 Å². The highest BCUT2D eigenvalue weighted by Crippen LogP contribution is 2.44. The van der Waals surface area contributed by atoms with E-state index in [9.17, 15) is 0 Å². The van der Waals surface area contributed by atoms with E-state index in [1.54, 1.807) is 0 Å². The summed E-state index contributed by atoms with van der Waals surface area (Å²) in [7, 11) is 0. The fraction of sp³-hybridized carbons (Fsp3) is 0.417. The lowest BCUT2D eigenvalue weighted by molar-refractivity contribution is 0.748. The van der Waals surface area contributed by atoms with Crippen molar-refractivity contribution in [2.75, 3.05) is 16.0 Å². The number of hydrogen-bond acceptors (Lipinski definition) is 3. The maximum absolute atomic E-state index is 5.37. The third-order valence-corrected chi connectivity index (χ3v) is 4.00. The molecule has 0 saturated heterocycles. The number of thiocarbonyl (C=S) groups is 1. The average Bonchev–Trinajstić information content (AvgIpc) is 2.63. The standard InChI is InChI=1S/C12H15N3S/c1-6-13-9-4-7-8(5-10(9)14-6)15-11(16)12(7,2)3/h4-6,13-14H,1-3H3,(H,15,16). The lowest BCUT2D eigenvalue weighted by Crippen LogP contribution is -2.25. The van der Waals surface area contributed by atoms with Gasteiger partial charge in [-0.15, -0.1) is 0 Å². The van der Waals surface area contributed by atoms with Crippen LogP contribution in [0.2, 0.25) is 0 Å². The predicted molar refractivity (Wildman–Crippen MR) is 72.4 cm³/mol. The van der Waals surface area contributed by atoms with Crippen molar-refractivity contribution in [2.45, 2.75) is 32.4 Å². The van der Waals surface area contributed by atoms with Crippen LogP contribution >= 0.6 is 12.2 Å². The molecule has 4 heteroatoms. The van der Waals surface area contributed by atoms with Gasteiger partial charge in [-0.05, 0) is 38.5 Å². The Morgan fingerprint density at radius 2 is 1.75 bits per heavy atom. The van der Waals surface area contributed by atoms with Crippen molar-refractivity contribution < 1.29 is 0 Å². The Balaban J connectivity index is 2.16. The highest BCUT2D eigenvalue weighted by atomic mass is 32.1. The molecule has 1 atom stereocenters. The van der Waals surface area contributed by atoms with Crippen molar-refractivity contribution in [3.05, 3.63) is 17.7 Å². The Morgan fingerprint density at radius 1 is 1.12 bits per heavy atom. The van der Waals surface area contributed by atoms with Crippen molar-refractivity contribution in [3.8, 4) is 0 Å². The molecule has 0 aromatic heterocycles. The minimum atomic E-state index is -0.0623. The van der Waals surface area contributed by atoms with Gasteiger partial charge in [0, 0.05) is 11.1 Å². The van der Waals surface area contributed by atoms with Gasteiger partial charge < -0.3 is 16.0 Å². The summed E-state index contributed by atoms with van der Waals surface area (Å²) in [5.74, 6) is 0. The smallest absolute Gasteiger partial charge is 0.0935 e. The Morgan fingerprint density at radius 3 is 2.44 bits per heavy atom. The van der Waals surface area contributed by atoms with Crippen LogP contribution < -0.4 is 16.0 Å². The number of hydrogen-bond donors (Lipinski definition) is 3. The summed E-state index contributed by atoms with van der Waals surface area (Å²) in [4.78, 5) is 0.902. The van der Waals surface area contributed by atoms with Crippen LogP contribution in [-0.2, 0) is 5.41 Å². The molecule has 2 heterocycles. The molecule has 2 aliphatic heterocycles. The molecule has 3 nitrogen and oxygen atoms in total. The van der Waals surface area contributed by atoms with Crippen molar-refractivity contribution in [3.63, 3.8) is 0 Å². The minimum absolute atomic E-state index is 0.0623. The first-order valence-electron chi connectivity index (χ1n) is 5.51. The molecule has 0 spiro atoms. The molecule has 3 rings (SSSR count). The molecule has 1 unspecified atom stereocenters. The van der Waals surface area contributed by atoms with E-state index in [0.29, 0.717) is 6.17 Å². The summed E-state index contributed by atoms with van der Waals surface area (Å²) in [6, 6.07) is 4.34. The summed E-state index contributed by atoms with van der Waals surface area (Å²) in [5.41, 5.74) is 4.68. The van der Waals surface area contributed by atoms with Gasteiger partial charge in [-0.1, -0.05) is 12.2 Å². The molecule has 0 aliphatic carbocycles. The number of benzene rings is 1. The molecule has 0 fully saturated rings. The van der Waals surface area contributed by atoms with Gasteiger partial charge in [0.2, 0.25) is 0 Å². The van der Waals surface area contributed by atoms with E-state index in [1.807, 2.05) is 0 Å². The van der Waals surface area contributed by atoms with Crippen LogP contribution in [0.3, 0.4) is 0 Å². The van der Waals surface area contributed by atoms with Gasteiger partial charge in [-0.3, -0.25) is 0 Å². The molecule has 16 heavy (non-hydrogen) atoms. The SMILES string of the molecule is CC1Nc2cc3c(cc2N1)C(C)(C)C(=S)N3. The van der Waals surface area contributed by atoms with Crippen molar-refractivity contribution >= 4 is 34.3 Å². The summed E-state index contributed by atoms with van der Waals surface area (Å²) in [5, 5.41) is 10.1. The van der Waals surface area contributed by atoms with Crippen molar-refractivity contribution in [1.29, 1.82) is 0 Å². The van der Waals surface area contributed by atoms with E-state index in [0.717, 1.165) is 16.4 Å². The number of fused-ring (bicyclic) bond motifs is 2. The first-order valence-corrected chi connectivity index (χ1v) is 5.92. The van der Waals surface area contributed by atoms with Gasteiger partial charge in [0.15, 0.2) is 0 Å². The third-order valence-electron chi connectivity index (χ3n) is 3.39. The first kappa shape index (κ1) is 9.90. The molecule has 0 bridgehead atoms. The molecule has 0 radical (unpaired) electrons. The highest BCUT2D eigenvalue weighted by molar-refractivity contribution is 7.80. The maximum atomic E-state index is 5.37. The van der Waals surface area contributed by atoms with Crippen molar-refractivity contribution in [2.24, 2.45) is 0 Å². The Labute approximate surface area is 101 Å². The Kier molecular flexibility index (Phi) is 1.79. The molecular formula is C12H15N3S. The zero-order valence-corrected chi connectivity index (χ0v) is 10.5. The van der Waals surface area contributed by atoms with Crippen LogP contribution in [-0.4, -0.2) is 11.2 Å². The summed E-state index contributed by atoms with van der Waals surface area (Å²) >= 11 is 5.37. The van der Waals surface area contributed by atoms with Crippen LogP contribution in [0, 0.1) is 0 Å². The summed E-state index contributed by atoms with van der Waals surface area (Å²) < 4.78 is 0. The predicted octanol–water partition coefficient (Wildman–Crippen LogP) is 2.90. The summed E-state index contributed by atoms with van der Waals surface area (Å²) in [6.45, 7) is 6.42. The molecule has 0 amide bonds. The van der Waals surface area contributed by atoms with Gasteiger partial charge in [0.25, 0.3) is 0 Å². The van der Waals surface area contributed by atoms with Gasteiger partial charge in [-0.2, -0.15) is 0 Å². The highest BCUT2D eigenvalue weighted by Gasteiger charge is 2.36. The summed E-state index contributed by atoms with van der Waals surface area (Å²) in [6.07, 6.45) is 0.299.